The van der Waals surface area contributed by atoms with Crippen LogP contribution < -0.4 is 5.32 Å². The van der Waals surface area contributed by atoms with Crippen molar-refractivity contribution in [2.24, 2.45) is 0 Å². The van der Waals surface area contributed by atoms with Crippen LogP contribution in [0.2, 0.25) is 0 Å². The van der Waals surface area contributed by atoms with Crippen LogP contribution in [0, 0.1) is 0 Å². The van der Waals surface area contributed by atoms with E-state index in [1.807, 2.05) is 6.92 Å². The number of carbonyl (C=O) groups is 1. The minimum Gasteiger partial charge on any atom is -0.379 e. The van der Waals surface area contributed by atoms with E-state index in [2.05, 4.69) is 5.32 Å². The Hall–Kier alpha value is -1.48. The molecule has 0 aliphatic carbocycles. The summed E-state index contributed by atoms with van der Waals surface area (Å²) in [7, 11) is 0.0248. The van der Waals surface area contributed by atoms with Crippen LogP contribution in [0.25, 0.3) is 0 Å². The van der Waals surface area contributed by atoms with E-state index < -0.39 is 10.0 Å². The minimum absolute atomic E-state index is 0.0478. The third-order valence-electron chi connectivity index (χ3n) is 4.17. The molecule has 140 valence electrons. The molecule has 0 bridgehead atoms. The molecule has 1 aromatic rings. The Bertz CT molecular complexity index is 668. The summed E-state index contributed by atoms with van der Waals surface area (Å²) >= 11 is 0. The Morgan fingerprint density at radius 1 is 1.24 bits per heavy atom. The molecule has 1 amide bonds. The van der Waals surface area contributed by atoms with E-state index in [0.29, 0.717) is 44.2 Å². The molecular formula is C17H27N3O4S. The number of sulfonamides is 1. The second-order valence-corrected chi connectivity index (χ2v) is 8.37. The predicted octanol–water partition coefficient (Wildman–Crippen LogP) is 0.664. The van der Waals surface area contributed by atoms with Gasteiger partial charge < -0.3 is 15.0 Å². The third-order valence-corrected chi connectivity index (χ3v) is 6.08. The minimum atomic E-state index is -3.45. The second-order valence-electron chi connectivity index (χ2n) is 6.43. The van der Waals surface area contributed by atoms with Crippen LogP contribution in [0.1, 0.15) is 18.9 Å². The van der Waals surface area contributed by atoms with Gasteiger partial charge in [0, 0.05) is 46.2 Å². The van der Waals surface area contributed by atoms with Gasteiger partial charge >= 0.3 is 0 Å². The fraction of sp³-hybridized carbons (Fsp3) is 0.588. The lowest BCUT2D eigenvalue weighted by atomic mass is 10.2. The first kappa shape index (κ1) is 19.8. The Labute approximate surface area is 150 Å². The lowest BCUT2D eigenvalue weighted by molar-refractivity contribution is -0.129. The molecule has 0 spiro atoms. The van der Waals surface area contributed by atoms with Gasteiger partial charge in [0.05, 0.1) is 18.1 Å². The van der Waals surface area contributed by atoms with Gasteiger partial charge in [-0.15, -0.1) is 0 Å². The highest BCUT2D eigenvalue weighted by Crippen LogP contribution is 2.17. The highest BCUT2D eigenvalue weighted by Gasteiger charge is 2.26. The van der Waals surface area contributed by atoms with Crippen molar-refractivity contribution >= 4 is 15.9 Å². The van der Waals surface area contributed by atoms with Crippen molar-refractivity contribution in [1.29, 1.82) is 0 Å². The second kappa shape index (κ2) is 8.75. The van der Waals surface area contributed by atoms with Crippen molar-refractivity contribution in [2.75, 3.05) is 40.4 Å². The Kier molecular flexibility index (Phi) is 6.95. The molecule has 1 aromatic carbocycles. The Morgan fingerprint density at radius 2 is 1.84 bits per heavy atom. The summed E-state index contributed by atoms with van der Waals surface area (Å²) in [6.45, 7) is 4.19. The number of hydrogen-bond acceptors (Lipinski definition) is 5. The third kappa shape index (κ3) is 5.50. The summed E-state index contributed by atoms with van der Waals surface area (Å²) < 4.78 is 31.8. The maximum absolute atomic E-state index is 12.6. The molecule has 1 fully saturated rings. The van der Waals surface area contributed by atoms with Crippen molar-refractivity contribution in [3.05, 3.63) is 29.8 Å². The summed E-state index contributed by atoms with van der Waals surface area (Å²) in [5.41, 5.74) is 0.977. The van der Waals surface area contributed by atoms with Crippen molar-refractivity contribution in [3.8, 4) is 0 Å². The van der Waals surface area contributed by atoms with E-state index in [-0.39, 0.29) is 11.9 Å². The fourth-order valence-corrected chi connectivity index (χ4v) is 3.93. The average molecular weight is 369 g/mol. The van der Waals surface area contributed by atoms with E-state index in [9.17, 15) is 13.2 Å². The van der Waals surface area contributed by atoms with E-state index in [4.69, 9.17) is 4.74 Å². The van der Waals surface area contributed by atoms with Crippen molar-refractivity contribution in [3.63, 3.8) is 0 Å². The molecule has 2 rings (SSSR count). The molecule has 1 unspecified atom stereocenters. The van der Waals surface area contributed by atoms with Crippen LogP contribution in [0.5, 0.6) is 0 Å². The predicted molar refractivity (Wildman–Crippen MR) is 95.6 cm³/mol. The lowest BCUT2D eigenvalue weighted by Crippen LogP contribution is -2.40. The number of benzene rings is 1. The number of carbonyl (C=O) groups excluding carboxylic acids is 1. The van der Waals surface area contributed by atoms with Crippen LogP contribution in [0.15, 0.2) is 29.2 Å². The van der Waals surface area contributed by atoms with Gasteiger partial charge in [-0.3, -0.25) is 4.79 Å². The number of nitrogens with zero attached hydrogens (tertiary/aromatic N) is 2. The molecule has 25 heavy (non-hydrogen) atoms. The van der Waals surface area contributed by atoms with Crippen LogP contribution in [-0.2, 0) is 26.1 Å². The van der Waals surface area contributed by atoms with Gasteiger partial charge in [0.15, 0.2) is 0 Å². The van der Waals surface area contributed by atoms with Crippen molar-refractivity contribution in [2.45, 2.75) is 30.8 Å². The van der Waals surface area contributed by atoms with Gasteiger partial charge in [0.1, 0.15) is 0 Å². The molecule has 1 heterocycles. The van der Waals surface area contributed by atoms with Gasteiger partial charge in [0.25, 0.3) is 0 Å². The topological polar surface area (TPSA) is 79.0 Å². The van der Waals surface area contributed by atoms with Gasteiger partial charge in [-0.1, -0.05) is 12.1 Å². The van der Waals surface area contributed by atoms with Crippen LogP contribution in [0.4, 0.5) is 0 Å². The highest BCUT2D eigenvalue weighted by molar-refractivity contribution is 7.89. The molecule has 7 nitrogen and oxygen atoms in total. The number of rotatable bonds is 7. The van der Waals surface area contributed by atoms with Gasteiger partial charge in [0.2, 0.25) is 15.9 Å². The molecule has 8 heteroatoms. The Balaban J connectivity index is 1.92. The molecule has 0 aromatic heterocycles. The molecule has 1 saturated heterocycles. The molecule has 1 aliphatic rings. The monoisotopic (exact) mass is 369 g/mol. The van der Waals surface area contributed by atoms with Crippen LogP contribution in [0.3, 0.4) is 0 Å². The molecule has 1 atom stereocenters. The maximum atomic E-state index is 12.6. The highest BCUT2D eigenvalue weighted by atomic mass is 32.2. The van der Waals surface area contributed by atoms with E-state index >= 15 is 0 Å². The molecular weight excluding hydrogens is 342 g/mol. The first-order valence-corrected chi connectivity index (χ1v) is 9.85. The largest absolute Gasteiger partial charge is 0.379 e. The maximum Gasteiger partial charge on any atom is 0.243 e. The van der Waals surface area contributed by atoms with Gasteiger partial charge in [-0.2, -0.15) is 4.31 Å². The average Bonchev–Trinajstić information content (AvgIpc) is 2.61. The summed E-state index contributed by atoms with van der Waals surface area (Å²) in [5.74, 6) is 0.0759. The Morgan fingerprint density at radius 3 is 2.40 bits per heavy atom. The molecule has 1 aliphatic heterocycles. The summed E-state index contributed by atoms with van der Waals surface area (Å²) in [6, 6.07) is 6.93. The summed E-state index contributed by atoms with van der Waals surface area (Å²) in [6.07, 6.45) is 0.427. The molecule has 1 N–H and O–H groups in total. The molecule has 0 saturated carbocycles. The van der Waals surface area contributed by atoms with Crippen LogP contribution in [-0.4, -0.2) is 70.0 Å². The van der Waals surface area contributed by atoms with E-state index in [0.717, 1.165) is 5.56 Å². The normalized spacial score (nSPS) is 17.2. The van der Waals surface area contributed by atoms with E-state index in [1.54, 1.807) is 43.3 Å². The zero-order valence-electron chi connectivity index (χ0n) is 15.1. The SMILES string of the molecule is CC(CC(=O)N(C)C)NCc1ccc(S(=O)(=O)N2CCOCC2)cc1. The quantitative estimate of drug-likeness (QED) is 0.764. The smallest absolute Gasteiger partial charge is 0.243 e. The zero-order chi connectivity index (χ0) is 18.4. The number of ether oxygens (including phenoxy) is 1. The molecule has 0 radical (unpaired) electrons. The van der Waals surface area contributed by atoms with Crippen molar-refractivity contribution < 1.29 is 17.9 Å². The summed E-state index contributed by atoms with van der Waals surface area (Å²) in [4.78, 5) is 13.5. The van der Waals surface area contributed by atoms with Gasteiger partial charge in [-0.25, -0.2) is 8.42 Å². The first-order chi connectivity index (χ1) is 11.8. The summed E-state index contributed by atoms with van der Waals surface area (Å²) in [5, 5.41) is 3.28. The van der Waals surface area contributed by atoms with Crippen LogP contribution >= 0.6 is 0 Å². The van der Waals surface area contributed by atoms with E-state index in [1.165, 1.54) is 4.31 Å². The number of amides is 1. The lowest BCUT2D eigenvalue weighted by Gasteiger charge is -2.26. The van der Waals surface area contributed by atoms with Gasteiger partial charge in [-0.05, 0) is 24.6 Å². The fourth-order valence-electron chi connectivity index (χ4n) is 2.52. The zero-order valence-corrected chi connectivity index (χ0v) is 15.9. The first-order valence-electron chi connectivity index (χ1n) is 8.41. The number of nitrogens with one attached hydrogen (secondary N) is 1. The van der Waals surface area contributed by atoms with Crippen molar-refractivity contribution in [1.82, 2.24) is 14.5 Å². The standard InChI is InChI=1S/C17H27N3O4S/c1-14(12-17(21)19(2)3)18-13-15-4-6-16(7-5-15)25(22,23)20-8-10-24-11-9-20/h4-7,14,18H,8-13H2,1-3H3. The number of morpholine rings is 1. The number of hydrogen-bond donors (Lipinski definition) is 1.